The van der Waals surface area contributed by atoms with E-state index in [9.17, 15) is 9.59 Å². The summed E-state index contributed by atoms with van der Waals surface area (Å²) in [6.07, 6.45) is 11.7. The van der Waals surface area contributed by atoms with E-state index in [4.69, 9.17) is 11.2 Å². The molecule has 2 aromatic carbocycles. The maximum Gasteiger partial charge on any atom is 0.340 e. The highest BCUT2D eigenvalue weighted by molar-refractivity contribution is 6.08. The first-order valence-corrected chi connectivity index (χ1v) is 9.22. The first kappa shape index (κ1) is 18.7. The Labute approximate surface area is 159 Å². The zero-order valence-corrected chi connectivity index (χ0v) is 15.5. The second-order valence-electron chi connectivity index (χ2n) is 6.81. The molecule has 1 aliphatic rings. The third-order valence-corrected chi connectivity index (χ3v) is 5.09. The zero-order chi connectivity index (χ0) is 19.2. The minimum absolute atomic E-state index is 0.236. The van der Waals surface area contributed by atoms with Gasteiger partial charge >= 0.3 is 5.97 Å². The van der Waals surface area contributed by atoms with Crippen LogP contribution in [0.15, 0.2) is 42.5 Å². The molecule has 1 aliphatic carbocycles. The number of methoxy groups -OCH3 is 1. The van der Waals surface area contributed by atoms with E-state index in [1.165, 1.54) is 50.8 Å². The molecular formula is C23H23NO3. The van der Waals surface area contributed by atoms with Gasteiger partial charge < -0.3 is 10.1 Å². The summed E-state index contributed by atoms with van der Waals surface area (Å²) in [6.45, 7) is 0. The Morgan fingerprint density at radius 3 is 2.41 bits per heavy atom. The monoisotopic (exact) mass is 361 g/mol. The molecule has 0 atom stereocenters. The molecule has 27 heavy (non-hydrogen) atoms. The summed E-state index contributed by atoms with van der Waals surface area (Å²) in [5, 5.41) is 2.78. The van der Waals surface area contributed by atoms with Crippen molar-refractivity contribution in [2.24, 2.45) is 0 Å². The molecule has 3 rings (SSSR count). The average molecular weight is 361 g/mol. The maximum atomic E-state index is 12.6. The van der Waals surface area contributed by atoms with Gasteiger partial charge in [0.1, 0.15) is 0 Å². The number of ether oxygens (including phenoxy) is 1. The van der Waals surface area contributed by atoms with Crippen molar-refractivity contribution in [2.45, 2.75) is 38.0 Å². The van der Waals surface area contributed by atoms with Gasteiger partial charge in [-0.25, -0.2) is 4.79 Å². The summed E-state index contributed by atoms with van der Waals surface area (Å²) >= 11 is 0. The predicted octanol–water partition coefficient (Wildman–Crippen LogP) is 4.75. The fourth-order valence-corrected chi connectivity index (χ4v) is 3.56. The van der Waals surface area contributed by atoms with Gasteiger partial charge in [-0.05, 0) is 54.7 Å². The Kier molecular flexibility index (Phi) is 5.93. The number of nitrogens with one attached hydrogen (secondary N) is 1. The largest absolute Gasteiger partial charge is 0.465 e. The average Bonchev–Trinajstić information content (AvgIpc) is 2.74. The van der Waals surface area contributed by atoms with Crippen LogP contribution in [-0.4, -0.2) is 19.0 Å². The molecule has 4 heteroatoms. The van der Waals surface area contributed by atoms with Crippen molar-refractivity contribution in [3.63, 3.8) is 0 Å². The van der Waals surface area contributed by atoms with Crippen LogP contribution in [0.4, 0.5) is 5.69 Å². The molecular weight excluding hydrogens is 338 g/mol. The SMILES string of the molecule is C#Cc1ccc(NC(=O)c2ccc(C3CCCCC3)cc2)c(C(=O)OC)c1. The summed E-state index contributed by atoms with van der Waals surface area (Å²) in [5.41, 5.74) is 3.00. The molecule has 0 unspecified atom stereocenters. The Balaban J connectivity index is 1.77. The number of hydrogen-bond acceptors (Lipinski definition) is 3. The molecule has 1 fully saturated rings. The van der Waals surface area contributed by atoms with Gasteiger partial charge in [-0.3, -0.25) is 4.79 Å². The molecule has 138 valence electrons. The van der Waals surface area contributed by atoms with E-state index >= 15 is 0 Å². The van der Waals surface area contributed by atoms with Crippen molar-refractivity contribution in [3.05, 3.63) is 64.7 Å². The number of rotatable bonds is 4. The van der Waals surface area contributed by atoms with Gasteiger partial charge in [0, 0.05) is 11.1 Å². The van der Waals surface area contributed by atoms with E-state index < -0.39 is 5.97 Å². The molecule has 1 saturated carbocycles. The van der Waals surface area contributed by atoms with Crippen molar-refractivity contribution in [3.8, 4) is 12.3 Å². The minimum Gasteiger partial charge on any atom is -0.465 e. The zero-order valence-electron chi connectivity index (χ0n) is 15.5. The van der Waals surface area contributed by atoms with Crippen LogP contribution in [0.25, 0.3) is 0 Å². The van der Waals surface area contributed by atoms with E-state index in [1.54, 1.807) is 12.1 Å². The number of esters is 1. The lowest BCUT2D eigenvalue weighted by Gasteiger charge is -2.22. The molecule has 0 saturated heterocycles. The van der Waals surface area contributed by atoms with E-state index in [2.05, 4.69) is 11.2 Å². The van der Waals surface area contributed by atoms with Gasteiger partial charge in [-0.1, -0.05) is 37.3 Å². The molecule has 0 radical (unpaired) electrons. The molecule has 0 heterocycles. The smallest absolute Gasteiger partial charge is 0.340 e. The number of hydrogen-bond donors (Lipinski definition) is 1. The van der Waals surface area contributed by atoms with Gasteiger partial charge in [-0.2, -0.15) is 0 Å². The Hall–Kier alpha value is -3.06. The van der Waals surface area contributed by atoms with E-state index in [-0.39, 0.29) is 11.5 Å². The highest BCUT2D eigenvalue weighted by atomic mass is 16.5. The molecule has 0 aliphatic heterocycles. The number of terminal acetylenes is 1. The first-order valence-electron chi connectivity index (χ1n) is 9.22. The van der Waals surface area contributed by atoms with Crippen LogP contribution >= 0.6 is 0 Å². The summed E-state index contributed by atoms with van der Waals surface area (Å²) in [5.74, 6) is 2.25. The number of amides is 1. The lowest BCUT2D eigenvalue weighted by Crippen LogP contribution is -2.16. The van der Waals surface area contributed by atoms with Crippen molar-refractivity contribution in [2.75, 3.05) is 12.4 Å². The summed E-state index contributed by atoms with van der Waals surface area (Å²) in [4.78, 5) is 24.6. The molecule has 4 nitrogen and oxygen atoms in total. The third-order valence-electron chi connectivity index (χ3n) is 5.09. The number of carbonyl (C=O) groups excluding carboxylic acids is 2. The van der Waals surface area contributed by atoms with Gasteiger partial charge in [0.15, 0.2) is 0 Å². The fourth-order valence-electron chi connectivity index (χ4n) is 3.56. The summed E-state index contributed by atoms with van der Waals surface area (Å²) in [6, 6.07) is 12.6. The highest BCUT2D eigenvalue weighted by Crippen LogP contribution is 2.32. The fraction of sp³-hybridized carbons (Fsp3) is 0.304. The predicted molar refractivity (Wildman–Crippen MR) is 106 cm³/mol. The van der Waals surface area contributed by atoms with Crippen molar-refractivity contribution in [1.29, 1.82) is 0 Å². The number of anilines is 1. The normalized spacial score (nSPS) is 14.2. The lowest BCUT2D eigenvalue weighted by molar-refractivity contribution is 0.0602. The molecule has 2 aromatic rings. The van der Waals surface area contributed by atoms with Crippen LogP contribution in [0.2, 0.25) is 0 Å². The highest BCUT2D eigenvalue weighted by Gasteiger charge is 2.18. The standard InChI is InChI=1S/C23H23NO3/c1-3-16-9-14-21(20(15-16)23(26)27-2)24-22(25)19-12-10-18(11-13-19)17-7-5-4-6-8-17/h1,9-15,17H,4-8H2,2H3,(H,24,25). The van der Waals surface area contributed by atoms with Crippen molar-refractivity contribution >= 4 is 17.6 Å². The molecule has 0 spiro atoms. The number of carbonyl (C=O) groups is 2. The van der Waals surface area contributed by atoms with Crippen molar-refractivity contribution in [1.82, 2.24) is 0 Å². The minimum atomic E-state index is -0.546. The van der Waals surface area contributed by atoms with Gasteiger partial charge in [0.2, 0.25) is 0 Å². The third kappa shape index (κ3) is 4.38. The Bertz CT molecular complexity index is 871. The topological polar surface area (TPSA) is 55.4 Å². The molecule has 0 bridgehead atoms. The Morgan fingerprint density at radius 1 is 1.07 bits per heavy atom. The van der Waals surface area contributed by atoms with Crippen LogP contribution in [0.5, 0.6) is 0 Å². The lowest BCUT2D eigenvalue weighted by atomic mass is 9.84. The maximum absolute atomic E-state index is 12.6. The Morgan fingerprint density at radius 2 is 1.78 bits per heavy atom. The van der Waals surface area contributed by atoms with Gasteiger partial charge in [0.05, 0.1) is 18.4 Å². The van der Waals surface area contributed by atoms with Crippen molar-refractivity contribution < 1.29 is 14.3 Å². The number of benzene rings is 2. The second kappa shape index (κ2) is 8.55. The van der Waals surface area contributed by atoms with E-state index in [1.807, 2.05) is 24.3 Å². The van der Waals surface area contributed by atoms with E-state index in [0.717, 1.165) is 0 Å². The van der Waals surface area contributed by atoms with Crippen LogP contribution in [-0.2, 0) is 4.74 Å². The first-order chi connectivity index (χ1) is 13.1. The second-order valence-corrected chi connectivity index (χ2v) is 6.81. The molecule has 1 N–H and O–H groups in total. The summed E-state index contributed by atoms with van der Waals surface area (Å²) < 4.78 is 4.79. The van der Waals surface area contributed by atoms with Crippen LogP contribution < -0.4 is 5.32 Å². The summed E-state index contributed by atoms with van der Waals surface area (Å²) in [7, 11) is 1.29. The van der Waals surface area contributed by atoms with Crippen LogP contribution in [0.3, 0.4) is 0 Å². The molecule has 0 aromatic heterocycles. The van der Waals surface area contributed by atoms with Gasteiger partial charge in [0.25, 0.3) is 5.91 Å². The quantitative estimate of drug-likeness (QED) is 0.631. The van der Waals surface area contributed by atoms with Crippen LogP contribution in [0, 0.1) is 12.3 Å². The molecule has 1 amide bonds. The van der Waals surface area contributed by atoms with E-state index in [0.29, 0.717) is 22.7 Å². The van der Waals surface area contributed by atoms with Crippen LogP contribution in [0.1, 0.15) is 69.9 Å². The van der Waals surface area contributed by atoms with Gasteiger partial charge in [-0.15, -0.1) is 6.42 Å².